The van der Waals surface area contributed by atoms with Gasteiger partial charge in [0, 0.05) is 31.3 Å². The van der Waals surface area contributed by atoms with E-state index >= 15 is 0 Å². The number of sulfonamides is 1. The molecule has 1 aliphatic rings. The monoisotopic (exact) mass is 425 g/mol. The van der Waals surface area contributed by atoms with Gasteiger partial charge < -0.3 is 14.2 Å². The lowest BCUT2D eigenvalue weighted by atomic mass is 9.98. The van der Waals surface area contributed by atoms with Crippen LogP contribution in [0.25, 0.3) is 5.57 Å². The van der Waals surface area contributed by atoms with Crippen LogP contribution in [0, 0.1) is 11.6 Å². The van der Waals surface area contributed by atoms with E-state index in [1.54, 1.807) is 18.2 Å². The van der Waals surface area contributed by atoms with E-state index in [1.807, 2.05) is 0 Å². The Kier molecular flexibility index (Phi) is 6.09. The molecule has 0 aliphatic carbocycles. The number of hydrogen-bond donors (Lipinski definition) is 0. The van der Waals surface area contributed by atoms with E-state index in [9.17, 15) is 17.2 Å². The maximum atomic E-state index is 13.5. The Morgan fingerprint density at radius 3 is 1.93 bits per heavy atom. The topological polar surface area (TPSA) is 65.1 Å². The van der Waals surface area contributed by atoms with Gasteiger partial charge in [-0.3, -0.25) is 0 Å². The molecule has 0 N–H and O–H groups in total. The van der Waals surface area contributed by atoms with E-state index in [1.165, 1.54) is 25.6 Å². The van der Waals surface area contributed by atoms with Crippen molar-refractivity contribution in [2.24, 2.45) is 0 Å². The Labute approximate surface area is 168 Å². The lowest BCUT2D eigenvalue weighted by Gasteiger charge is -2.27. The number of benzene rings is 2. The smallest absolute Gasteiger partial charge is 0.243 e. The van der Waals surface area contributed by atoms with Crippen LogP contribution in [0.5, 0.6) is 17.2 Å². The van der Waals surface area contributed by atoms with Crippen LogP contribution in [0.2, 0.25) is 0 Å². The van der Waals surface area contributed by atoms with Gasteiger partial charge in [-0.15, -0.1) is 0 Å². The van der Waals surface area contributed by atoms with Gasteiger partial charge in [0.05, 0.1) is 31.8 Å². The molecule has 0 atom stereocenters. The molecule has 156 valence electrons. The fourth-order valence-corrected chi connectivity index (χ4v) is 4.67. The van der Waals surface area contributed by atoms with Crippen LogP contribution in [0.4, 0.5) is 8.78 Å². The zero-order valence-corrected chi connectivity index (χ0v) is 17.1. The van der Waals surface area contributed by atoms with E-state index in [2.05, 4.69) is 0 Å². The molecule has 0 unspecified atom stereocenters. The number of methoxy groups -OCH3 is 3. The molecule has 0 saturated heterocycles. The standard InChI is InChI=1S/C20H21F2NO5S/c1-26-16-11-18(27-2)20(19(12-16)28-3)13-4-6-23(7-5-13)29(24,25)17-9-14(21)8-15(22)10-17/h4,8-12H,5-7H2,1-3H3. The van der Waals surface area contributed by atoms with Crippen LogP contribution in [0.1, 0.15) is 12.0 Å². The van der Waals surface area contributed by atoms with Gasteiger partial charge in [0.2, 0.25) is 10.0 Å². The molecule has 0 amide bonds. The fraction of sp³-hybridized carbons (Fsp3) is 0.300. The van der Waals surface area contributed by atoms with Crippen LogP contribution >= 0.6 is 0 Å². The Morgan fingerprint density at radius 1 is 0.897 bits per heavy atom. The molecule has 0 fully saturated rings. The molecular formula is C20H21F2NO5S. The van der Waals surface area contributed by atoms with Gasteiger partial charge in [0.25, 0.3) is 0 Å². The summed E-state index contributed by atoms with van der Waals surface area (Å²) in [5, 5.41) is 0. The number of ether oxygens (including phenoxy) is 3. The minimum absolute atomic E-state index is 0.0497. The molecule has 1 heterocycles. The molecule has 9 heteroatoms. The van der Waals surface area contributed by atoms with Crippen molar-refractivity contribution >= 4 is 15.6 Å². The molecule has 3 rings (SSSR count). The first-order valence-corrected chi connectivity index (χ1v) is 10.2. The third kappa shape index (κ3) is 4.20. The predicted molar refractivity (Wildman–Crippen MR) is 104 cm³/mol. The summed E-state index contributed by atoms with van der Waals surface area (Å²) in [6, 6.07) is 5.70. The second kappa shape index (κ2) is 8.38. The Morgan fingerprint density at radius 2 is 1.48 bits per heavy atom. The van der Waals surface area contributed by atoms with E-state index in [0.717, 1.165) is 17.7 Å². The van der Waals surface area contributed by atoms with Crippen molar-refractivity contribution < 1.29 is 31.4 Å². The number of halogens is 2. The van der Waals surface area contributed by atoms with Crippen LogP contribution in [-0.4, -0.2) is 47.1 Å². The van der Waals surface area contributed by atoms with Gasteiger partial charge in [0.1, 0.15) is 28.9 Å². The summed E-state index contributed by atoms with van der Waals surface area (Å²) in [4.78, 5) is -0.411. The quantitative estimate of drug-likeness (QED) is 0.709. The second-order valence-electron chi connectivity index (χ2n) is 6.35. The average Bonchev–Trinajstić information content (AvgIpc) is 2.72. The molecule has 0 spiro atoms. The zero-order valence-electron chi connectivity index (χ0n) is 16.2. The van der Waals surface area contributed by atoms with E-state index in [-0.39, 0.29) is 13.1 Å². The van der Waals surface area contributed by atoms with E-state index in [0.29, 0.717) is 35.3 Å². The zero-order chi connectivity index (χ0) is 21.2. The minimum atomic E-state index is -4.03. The normalized spacial score (nSPS) is 15.0. The number of hydrogen-bond acceptors (Lipinski definition) is 5. The Balaban J connectivity index is 1.93. The molecule has 0 radical (unpaired) electrons. The van der Waals surface area contributed by atoms with Crippen molar-refractivity contribution in [2.75, 3.05) is 34.4 Å². The lowest BCUT2D eigenvalue weighted by molar-refractivity contribution is 0.372. The predicted octanol–water partition coefficient (Wildman–Crippen LogP) is 3.47. The van der Waals surface area contributed by atoms with Crippen molar-refractivity contribution in [3.05, 3.63) is 53.6 Å². The maximum absolute atomic E-state index is 13.5. The summed E-state index contributed by atoms with van der Waals surface area (Å²) in [7, 11) is 0.553. The van der Waals surface area contributed by atoms with Gasteiger partial charge in [-0.1, -0.05) is 6.08 Å². The first kappa shape index (κ1) is 21.1. The molecule has 0 bridgehead atoms. The summed E-state index contributed by atoms with van der Waals surface area (Å²) in [6.45, 7) is 0.193. The third-order valence-electron chi connectivity index (χ3n) is 4.68. The number of rotatable bonds is 6. The summed E-state index contributed by atoms with van der Waals surface area (Å²) in [5.74, 6) is -0.239. The fourth-order valence-electron chi connectivity index (χ4n) is 3.24. The van der Waals surface area contributed by atoms with Gasteiger partial charge in [-0.05, 0) is 24.1 Å². The molecule has 1 aliphatic heterocycles. The molecule has 2 aromatic carbocycles. The van der Waals surface area contributed by atoms with Gasteiger partial charge in [-0.2, -0.15) is 4.31 Å². The second-order valence-corrected chi connectivity index (χ2v) is 8.29. The summed E-state index contributed by atoms with van der Waals surface area (Å²) in [5.41, 5.74) is 1.56. The highest BCUT2D eigenvalue weighted by Crippen LogP contribution is 2.41. The van der Waals surface area contributed by atoms with Gasteiger partial charge in [0.15, 0.2) is 0 Å². The van der Waals surface area contributed by atoms with Crippen molar-refractivity contribution in [1.29, 1.82) is 0 Å². The molecule has 2 aromatic rings. The van der Waals surface area contributed by atoms with Gasteiger partial charge in [-0.25, -0.2) is 17.2 Å². The SMILES string of the molecule is COc1cc(OC)c(C2=CCN(S(=O)(=O)c3cc(F)cc(F)c3)CC2)c(OC)c1. The maximum Gasteiger partial charge on any atom is 0.243 e. The first-order chi connectivity index (χ1) is 13.8. The highest BCUT2D eigenvalue weighted by Gasteiger charge is 2.29. The minimum Gasteiger partial charge on any atom is -0.496 e. The van der Waals surface area contributed by atoms with E-state index in [4.69, 9.17) is 14.2 Å². The van der Waals surface area contributed by atoms with Gasteiger partial charge >= 0.3 is 0 Å². The molecule has 0 saturated carbocycles. The van der Waals surface area contributed by atoms with Crippen LogP contribution in [-0.2, 0) is 10.0 Å². The van der Waals surface area contributed by atoms with Crippen molar-refractivity contribution in [2.45, 2.75) is 11.3 Å². The molecule has 0 aromatic heterocycles. The Bertz CT molecular complexity index is 1010. The third-order valence-corrected chi connectivity index (χ3v) is 6.52. The molecule has 6 nitrogen and oxygen atoms in total. The Hall–Kier alpha value is -2.65. The summed E-state index contributed by atoms with van der Waals surface area (Å²) in [6.07, 6.45) is 2.11. The van der Waals surface area contributed by atoms with E-state index < -0.39 is 26.6 Å². The van der Waals surface area contributed by atoms with Crippen LogP contribution < -0.4 is 14.2 Å². The molecular weight excluding hydrogens is 404 g/mol. The van der Waals surface area contributed by atoms with Crippen LogP contribution in [0.15, 0.2) is 41.3 Å². The summed E-state index contributed by atoms with van der Waals surface area (Å²) < 4.78 is 69.8. The van der Waals surface area contributed by atoms with Crippen molar-refractivity contribution in [1.82, 2.24) is 4.31 Å². The highest BCUT2D eigenvalue weighted by molar-refractivity contribution is 7.89. The van der Waals surface area contributed by atoms with Crippen molar-refractivity contribution in [3.8, 4) is 17.2 Å². The van der Waals surface area contributed by atoms with Crippen LogP contribution in [0.3, 0.4) is 0 Å². The summed E-state index contributed by atoms with van der Waals surface area (Å²) >= 11 is 0. The number of nitrogens with zero attached hydrogens (tertiary/aromatic N) is 1. The largest absolute Gasteiger partial charge is 0.496 e. The first-order valence-electron chi connectivity index (χ1n) is 8.75. The van der Waals surface area contributed by atoms with Crippen molar-refractivity contribution in [3.63, 3.8) is 0 Å². The molecule has 29 heavy (non-hydrogen) atoms. The lowest BCUT2D eigenvalue weighted by Crippen LogP contribution is -2.34. The average molecular weight is 425 g/mol. The highest BCUT2D eigenvalue weighted by atomic mass is 32.2.